The Balaban J connectivity index is 2.31. The van der Waals surface area contributed by atoms with Crippen molar-refractivity contribution in [3.05, 3.63) is 59.7 Å². The molecule has 0 spiro atoms. The van der Waals surface area contributed by atoms with Gasteiger partial charge in [-0.3, -0.25) is 4.72 Å². The summed E-state index contributed by atoms with van der Waals surface area (Å²) in [4.78, 5) is -0.00411. The van der Waals surface area contributed by atoms with E-state index in [1.165, 1.54) is 12.1 Å². The molecule has 0 saturated carbocycles. The van der Waals surface area contributed by atoms with Crippen molar-refractivity contribution in [1.82, 2.24) is 0 Å². The molecule has 112 valence electrons. The lowest BCUT2D eigenvalue weighted by Gasteiger charge is -2.10. The highest BCUT2D eigenvalue weighted by molar-refractivity contribution is 7.92. The summed E-state index contributed by atoms with van der Waals surface area (Å²) in [6.07, 6.45) is 0. The van der Waals surface area contributed by atoms with E-state index in [-0.39, 0.29) is 10.8 Å². The normalized spacial score (nSPS) is 11.7. The highest BCUT2D eigenvalue weighted by Gasteiger charge is 2.17. The quantitative estimate of drug-likeness (QED) is 0.931. The minimum Gasteiger partial charge on any atom is -0.277 e. The van der Waals surface area contributed by atoms with Crippen LogP contribution in [0.3, 0.4) is 0 Å². The first-order valence-corrected chi connectivity index (χ1v) is 7.86. The molecule has 0 atom stereocenters. The first-order chi connectivity index (χ1) is 9.79. The fraction of sp³-hybridized carbons (Fsp3) is 0.200. The Hall–Kier alpha value is -1.95. The van der Waals surface area contributed by atoms with E-state index in [2.05, 4.69) is 0 Å². The van der Waals surface area contributed by atoms with Gasteiger partial charge in [-0.05, 0) is 35.7 Å². The second-order valence-electron chi connectivity index (χ2n) is 4.95. The van der Waals surface area contributed by atoms with Gasteiger partial charge in [-0.1, -0.05) is 26.0 Å². The fourth-order valence-electron chi connectivity index (χ4n) is 1.81. The number of anilines is 1. The molecule has 2 aromatic rings. The monoisotopic (exact) mass is 311 g/mol. The molecule has 3 nitrogen and oxygen atoms in total. The molecule has 0 unspecified atom stereocenters. The van der Waals surface area contributed by atoms with Crippen molar-refractivity contribution in [2.24, 2.45) is 0 Å². The first-order valence-electron chi connectivity index (χ1n) is 6.37. The van der Waals surface area contributed by atoms with Crippen LogP contribution in [0.1, 0.15) is 25.3 Å². The molecule has 0 aromatic heterocycles. The number of sulfonamides is 1. The second kappa shape index (κ2) is 5.81. The average Bonchev–Trinajstić information content (AvgIpc) is 2.43. The van der Waals surface area contributed by atoms with Crippen molar-refractivity contribution >= 4 is 15.7 Å². The van der Waals surface area contributed by atoms with Gasteiger partial charge in [0, 0.05) is 6.07 Å². The van der Waals surface area contributed by atoms with E-state index in [9.17, 15) is 17.2 Å². The molecule has 0 radical (unpaired) electrons. The van der Waals surface area contributed by atoms with Gasteiger partial charge in [0.05, 0.1) is 10.6 Å². The van der Waals surface area contributed by atoms with Crippen LogP contribution in [0.25, 0.3) is 0 Å². The Morgan fingerprint density at radius 3 is 2.19 bits per heavy atom. The van der Waals surface area contributed by atoms with Crippen LogP contribution >= 0.6 is 0 Å². The van der Waals surface area contributed by atoms with E-state index in [0.717, 1.165) is 23.8 Å². The van der Waals surface area contributed by atoms with Gasteiger partial charge in [0.2, 0.25) is 0 Å². The van der Waals surface area contributed by atoms with Crippen molar-refractivity contribution < 1.29 is 17.2 Å². The standard InChI is InChI=1S/C15H15F2NO2S/c1-10(2)11-3-6-13(7-4-11)21(19,20)18-15-9-12(16)5-8-14(15)17/h3-10,18H,1-2H3. The van der Waals surface area contributed by atoms with E-state index in [1.54, 1.807) is 12.1 Å². The predicted octanol–water partition coefficient (Wildman–Crippen LogP) is 3.89. The lowest BCUT2D eigenvalue weighted by Crippen LogP contribution is -2.14. The summed E-state index contributed by atoms with van der Waals surface area (Å²) < 4.78 is 52.9. The third-order valence-electron chi connectivity index (χ3n) is 3.03. The molecule has 6 heteroatoms. The lowest BCUT2D eigenvalue weighted by molar-refractivity contribution is 0.594. The molecule has 0 amide bonds. The molecule has 1 N–H and O–H groups in total. The van der Waals surface area contributed by atoms with Crippen LogP contribution in [0.2, 0.25) is 0 Å². The van der Waals surface area contributed by atoms with Crippen molar-refractivity contribution in [3.63, 3.8) is 0 Å². The Labute approximate surface area is 122 Å². The van der Waals surface area contributed by atoms with Gasteiger partial charge in [0.1, 0.15) is 11.6 Å². The molecule has 2 rings (SSSR count). The molecular formula is C15H15F2NO2S. The van der Waals surface area contributed by atoms with Crippen LogP contribution in [0, 0.1) is 11.6 Å². The maximum absolute atomic E-state index is 13.5. The van der Waals surface area contributed by atoms with E-state index in [4.69, 9.17) is 0 Å². The fourth-order valence-corrected chi connectivity index (χ4v) is 2.87. The number of hydrogen-bond donors (Lipinski definition) is 1. The number of nitrogens with one attached hydrogen (secondary N) is 1. The minimum absolute atomic E-state index is 0.00411. The SMILES string of the molecule is CC(C)c1ccc(S(=O)(=O)Nc2cc(F)ccc2F)cc1. The smallest absolute Gasteiger partial charge is 0.261 e. The van der Waals surface area contributed by atoms with E-state index in [0.29, 0.717) is 0 Å². The minimum atomic E-state index is -3.95. The Morgan fingerprint density at radius 1 is 1.00 bits per heavy atom. The molecule has 0 aliphatic heterocycles. The zero-order valence-electron chi connectivity index (χ0n) is 11.6. The number of benzene rings is 2. The van der Waals surface area contributed by atoms with E-state index in [1.807, 2.05) is 18.6 Å². The maximum Gasteiger partial charge on any atom is 0.261 e. The molecule has 0 aliphatic carbocycles. The highest BCUT2D eigenvalue weighted by atomic mass is 32.2. The summed E-state index contributed by atoms with van der Waals surface area (Å²) in [5.41, 5.74) is 0.578. The Bertz CT molecular complexity index is 741. The molecule has 0 bridgehead atoms. The number of halogens is 2. The summed E-state index contributed by atoms with van der Waals surface area (Å²) in [6, 6.07) is 8.86. The van der Waals surface area contributed by atoms with E-state index >= 15 is 0 Å². The summed E-state index contributed by atoms with van der Waals surface area (Å²) >= 11 is 0. The van der Waals surface area contributed by atoms with Crippen molar-refractivity contribution in [3.8, 4) is 0 Å². The topological polar surface area (TPSA) is 46.2 Å². The van der Waals surface area contributed by atoms with Crippen LogP contribution < -0.4 is 4.72 Å². The second-order valence-corrected chi connectivity index (χ2v) is 6.64. The molecule has 0 heterocycles. The van der Waals surface area contributed by atoms with Crippen molar-refractivity contribution in [1.29, 1.82) is 0 Å². The third-order valence-corrected chi connectivity index (χ3v) is 4.41. The van der Waals surface area contributed by atoms with Gasteiger partial charge in [-0.2, -0.15) is 0 Å². The number of rotatable bonds is 4. The summed E-state index contributed by atoms with van der Waals surface area (Å²) in [6.45, 7) is 3.98. The van der Waals surface area contributed by atoms with Gasteiger partial charge in [-0.25, -0.2) is 17.2 Å². The van der Waals surface area contributed by atoms with Gasteiger partial charge in [0.15, 0.2) is 0 Å². The van der Waals surface area contributed by atoms with Gasteiger partial charge in [0.25, 0.3) is 10.0 Å². The zero-order chi connectivity index (χ0) is 15.6. The van der Waals surface area contributed by atoms with Crippen LogP contribution in [-0.4, -0.2) is 8.42 Å². The summed E-state index contributed by atoms with van der Waals surface area (Å²) in [5.74, 6) is -1.28. The first kappa shape index (κ1) is 15.4. The molecular weight excluding hydrogens is 296 g/mol. The van der Waals surface area contributed by atoms with Crippen molar-refractivity contribution in [2.45, 2.75) is 24.7 Å². The van der Waals surface area contributed by atoms with Gasteiger partial charge < -0.3 is 0 Å². The summed E-state index contributed by atoms with van der Waals surface area (Å²) in [5, 5.41) is 0. The highest BCUT2D eigenvalue weighted by Crippen LogP contribution is 2.22. The van der Waals surface area contributed by atoms with Gasteiger partial charge in [-0.15, -0.1) is 0 Å². The molecule has 2 aromatic carbocycles. The number of hydrogen-bond acceptors (Lipinski definition) is 2. The molecule has 0 saturated heterocycles. The van der Waals surface area contributed by atoms with E-state index < -0.39 is 27.3 Å². The Kier molecular flexibility index (Phi) is 4.27. The van der Waals surface area contributed by atoms with Crippen LogP contribution in [-0.2, 0) is 10.0 Å². The molecule has 21 heavy (non-hydrogen) atoms. The van der Waals surface area contributed by atoms with Crippen LogP contribution in [0.4, 0.5) is 14.5 Å². The zero-order valence-corrected chi connectivity index (χ0v) is 12.4. The van der Waals surface area contributed by atoms with Crippen LogP contribution in [0.5, 0.6) is 0 Å². The predicted molar refractivity (Wildman–Crippen MR) is 77.7 cm³/mol. The van der Waals surface area contributed by atoms with Crippen molar-refractivity contribution in [2.75, 3.05) is 4.72 Å². The largest absolute Gasteiger partial charge is 0.277 e. The maximum atomic E-state index is 13.5. The van der Waals surface area contributed by atoms with Gasteiger partial charge >= 0.3 is 0 Å². The third kappa shape index (κ3) is 3.58. The lowest BCUT2D eigenvalue weighted by atomic mass is 10.0. The Morgan fingerprint density at radius 2 is 1.62 bits per heavy atom. The molecule has 0 fully saturated rings. The summed E-state index contributed by atoms with van der Waals surface area (Å²) in [7, 11) is -3.95. The van der Waals surface area contributed by atoms with Crippen LogP contribution in [0.15, 0.2) is 47.4 Å². The average molecular weight is 311 g/mol. The molecule has 0 aliphatic rings.